The van der Waals surface area contributed by atoms with Crippen molar-refractivity contribution in [3.05, 3.63) is 23.8 Å². The summed E-state index contributed by atoms with van der Waals surface area (Å²) < 4.78 is 11.2. The molecule has 2 saturated heterocycles. The third-order valence-corrected chi connectivity index (χ3v) is 5.24. The zero-order valence-electron chi connectivity index (χ0n) is 16.5. The van der Waals surface area contributed by atoms with Crippen molar-refractivity contribution in [2.45, 2.75) is 31.6 Å². The van der Waals surface area contributed by atoms with Crippen LogP contribution in [0.5, 0.6) is 11.5 Å². The highest BCUT2D eigenvalue weighted by molar-refractivity contribution is 5.78. The Morgan fingerprint density at radius 3 is 2.75 bits per heavy atom. The Kier molecular flexibility index (Phi) is 7.50. The van der Waals surface area contributed by atoms with E-state index < -0.39 is 6.10 Å². The Morgan fingerprint density at radius 2 is 2.04 bits per heavy atom. The van der Waals surface area contributed by atoms with Gasteiger partial charge in [-0.1, -0.05) is 0 Å². The number of rotatable bonds is 8. The van der Waals surface area contributed by atoms with E-state index in [0.29, 0.717) is 31.9 Å². The van der Waals surface area contributed by atoms with Crippen molar-refractivity contribution in [1.82, 2.24) is 15.1 Å². The molecule has 2 heterocycles. The van der Waals surface area contributed by atoms with E-state index in [1.807, 2.05) is 18.2 Å². The highest BCUT2D eigenvalue weighted by atomic mass is 16.5. The zero-order chi connectivity index (χ0) is 19.9. The molecule has 156 valence electrons. The molecule has 0 bridgehead atoms. The van der Waals surface area contributed by atoms with Gasteiger partial charge in [-0.3, -0.25) is 9.69 Å². The van der Waals surface area contributed by atoms with Crippen LogP contribution in [0.4, 0.5) is 0 Å². The molecule has 1 aromatic carbocycles. The summed E-state index contributed by atoms with van der Waals surface area (Å²) in [5.41, 5.74) is 0.933. The minimum Gasteiger partial charge on any atom is -0.497 e. The lowest BCUT2D eigenvalue weighted by Gasteiger charge is -2.31. The Labute approximate surface area is 166 Å². The minimum absolute atomic E-state index is 0.0266. The fraction of sp³-hybridized carbons (Fsp3) is 0.650. The molecule has 1 amide bonds. The number of aliphatic hydroxyl groups is 2. The van der Waals surface area contributed by atoms with Gasteiger partial charge in [0.15, 0.2) is 0 Å². The number of hydrogen-bond donors (Lipinski definition) is 3. The van der Waals surface area contributed by atoms with Crippen LogP contribution in [-0.2, 0) is 11.3 Å². The molecule has 0 aromatic heterocycles. The number of piperazine rings is 1. The number of nitrogens with zero attached hydrogens (tertiary/aromatic N) is 2. The van der Waals surface area contributed by atoms with E-state index >= 15 is 0 Å². The van der Waals surface area contributed by atoms with Crippen molar-refractivity contribution < 1.29 is 24.5 Å². The number of aliphatic hydroxyl groups excluding tert-OH is 2. The largest absolute Gasteiger partial charge is 0.497 e. The normalized spacial score (nSPS) is 20.6. The maximum Gasteiger partial charge on any atom is 0.234 e. The molecular weight excluding hydrogens is 362 g/mol. The second kappa shape index (κ2) is 10.1. The Hall–Kier alpha value is -1.87. The lowest BCUT2D eigenvalue weighted by atomic mass is 10.1. The first-order chi connectivity index (χ1) is 13.5. The predicted molar refractivity (Wildman–Crippen MR) is 104 cm³/mol. The van der Waals surface area contributed by atoms with Crippen LogP contribution in [0, 0.1) is 0 Å². The summed E-state index contributed by atoms with van der Waals surface area (Å²) in [6.07, 6.45) is 0.675. The Balaban J connectivity index is 1.56. The highest BCUT2D eigenvalue weighted by Crippen LogP contribution is 2.26. The van der Waals surface area contributed by atoms with Gasteiger partial charge in [0.2, 0.25) is 5.91 Å². The van der Waals surface area contributed by atoms with Crippen molar-refractivity contribution in [2.75, 3.05) is 53.0 Å². The van der Waals surface area contributed by atoms with E-state index in [9.17, 15) is 15.0 Å². The average molecular weight is 393 g/mol. The van der Waals surface area contributed by atoms with Crippen LogP contribution in [0.3, 0.4) is 0 Å². The van der Waals surface area contributed by atoms with E-state index in [0.717, 1.165) is 43.8 Å². The van der Waals surface area contributed by atoms with Gasteiger partial charge in [-0.15, -0.1) is 0 Å². The molecule has 0 spiro atoms. The van der Waals surface area contributed by atoms with Crippen LogP contribution < -0.4 is 14.8 Å². The maximum atomic E-state index is 11.6. The van der Waals surface area contributed by atoms with E-state index in [-0.39, 0.29) is 18.6 Å². The first-order valence-corrected chi connectivity index (χ1v) is 9.90. The lowest BCUT2D eigenvalue weighted by Crippen LogP contribution is -2.47. The van der Waals surface area contributed by atoms with Crippen LogP contribution in [0.15, 0.2) is 18.2 Å². The van der Waals surface area contributed by atoms with Crippen molar-refractivity contribution in [3.8, 4) is 11.5 Å². The van der Waals surface area contributed by atoms with Gasteiger partial charge in [0.25, 0.3) is 0 Å². The SMILES string of the molecule is COc1ccc(OCC(O)CN2CCC(O)CC2)c(CN2CCNC(=O)C2)c1. The summed E-state index contributed by atoms with van der Waals surface area (Å²) in [6, 6.07) is 5.60. The molecule has 8 heteroatoms. The van der Waals surface area contributed by atoms with Crippen LogP contribution in [-0.4, -0.2) is 91.1 Å². The van der Waals surface area contributed by atoms with Crippen LogP contribution in [0.2, 0.25) is 0 Å². The fourth-order valence-electron chi connectivity index (χ4n) is 3.65. The first-order valence-electron chi connectivity index (χ1n) is 9.90. The van der Waals surface area contributed by atoms with Gasteiger partial charge in [0.05, 0.1) is 19.8 Å². The molecule has 2 fully saturated rings. The van der Waals surface area contributed by atoms with Crippen molar-refractivity contribution in [1.29, 1.82) is 0 Å². The lowest BCUT2D eigenvalue weighted by molar-refractivity contribution is -0.124. The highest BCUT2D eigenvalue weighted by Gasteiger charge is 2.21. The van der Waals surface area contributed by atoms with E-state index in [2.05, 4.69) is 15.1 Å². The second-order valence-electron chi connectivity index (χ2n) is 7.53. The molecule has 2 aliphatic rings. The fourth-order valence-corrected chi connectivity index (χ4v) is 3.65. The van der Waals surface area contributed by atoms with Crippen molar-refractivity contribution in [3.63, 3.8) is 0 Å². The quantitative estimate of drug-likeness (QED) is 0.564. The monoisotopic (exact) mass is 393 g/mol. The van der Waals surface area contributed by atoms with E-state index in [1.54, 1.807) is 7.11 Å². The van der Waals surface area contributed by atoms with Crippen LogP contribution in [0.1, 0.15) is 18.4 Å². The van der Waals surface area contributed by atoms with Gasteiger partial charge in [-0.05, 0) is 31.0 Å². The molecule has 3 N–H and O–H groups in total. The second-order valence-corrected chi connectivity index (χ2v) is 7.53. The zero-order valence-corrected chi connectivity index (χ0v) is 16.5. The van der Waals surface area contributed by atoms with Gasteiger partial charge in [0.1, 0.15) is 24.2 Å². The molecule has 1 aromatic rings. The number of ether oxygens (including phenoxy) is 2. The topological polar surface area (TPSA) is 94.5 Å². The molecule has 0 radical (unpaired) electrons. The summed E-state index contributed by atoms with van der Waals surface area (Å²) >= 11 is 0. The van der Waals surface area contributed by atoms with Gasteiger partial charge in [-0.2, -0.15) is 0 Å². The number of carbonyl (C=O) groups excluding carboxylic acids is 1. The number of carbonyl (C=O) groups is 1. The smallest absolute Gasteiger partial charge is 0.234 e. The molecule has 1 unspecified atom stereocenters. The Morgan fingerprint density at radius 1 is 1.25 bits per heavy atom. The predicted octanol–water partition coefficient (Wildman–Crippen LogP) is -0.177. The van der Waals surface area contributed by atoms with Crippen LogP contribution >= 0.6 is 0 Å². The third kappa shape index (κ3) is 6.07. The number of hydrogen-bond acceptors (Lipinski definition) is 7. The number of amides is 1. The Bertz CT molecular complexity index is 649. The number of benzene rings is 1. The molecular formula is C20H31N3O5. The van der Waals surface area contributed by atoms with Gasteiger partial charge in [-0.25, -0.2) is 0 Å². The molecule has 0 aliphatic carbocycles. The molecule has 0 saturated carbocycles. The van der Waals surface area contributed by atoms with Crippen molar-refractivity contribution >= 4 is 5.91 Å². The van der Waals surface area contributed by atoms with Gasteiger partial charge in [0, 0.05) is 44.8 Å². The average Bonchev–Trinajstić information content (AvgIpc) is 2.69. The summed E-state index contributed by atoms with van der Waals surface area (Å²) in [7, 11) is 1.62. The summed E-state index contributed by atoms with van der Waals surface area (Å²) in [4.78, 5) is 15.9. The maximum absolute atomic E-state index is 11.6. The molecule has 8 nitrogen and oxygen atoms in total. The molecule has 2 aliphatic heterocycles. The van der Waals surface area contributed by atoms with E-state index in [4.69, 9.17) is 9.47 Å². The van der Waals surface area contributed by atoms with Gasteiger partial charge >= 0.3 is 0 Å². The summed E-state index contributed by atoms with van der Waals surface area (Å²) in [5, 5.41) is 22.8. The van der Waals surface area contributed by atoms with Crippen LogP contribution in [0.25, 0.3) is 0 Å². The summed E-state index contributed by atoms with van der Waals surface area (Å²) in [6.45, 7) is 4.68. The van der Waals surface area contributed by atoms with Gasteiger partial charge < -0.3 is 29.9 Å². The first kappa shape index (κ1) is 20.9. The van der Waals surface area contributed by atoms with E-state index in [1.165, 1.54) is 0 Å². The number of β-amino-alcohol motifs (C(OH)–C–C–N with tert-alkyl or cyclic N) is 1. The van der Waals surface area contributed by atoms with Crippen molar-refractivity contribution in [2.24, 2.45) is 0 Å². The summed E-state index contributed by atoms with van der Waals surface area (Å²) in [5.74, 6) is 1.45. The minimum atomic E-state index is -0.606. The number of likely N-dealkylation sites (tertiary alicyclic amines) is 1. The third-order valence-electron chi connectivity index (χ3n) is 5.24. The molecule has 1 atom stereocenters. The standard InChI is InChI=1S/C20H31N3O5/c1-27-18-2-3-19(15(10-18)11-23-9-6-21-20(26)13-23)28-14-17(25)12-22-7-4-16(24)5-8-22/h2-3,10,16-17,24-25H,4-9,11-14H2,1H3,(H,21,26). The number of piperidine rings is 1. The molecule has 3 rings (SSSR count). The number of methoxy groups -OCH3 is 1. The molecule has 28 heavy (non-hydrogen) atoms. The number of nitrogens with one attached hydrogen (secondary N) is 1.